The molecule has 0 aliphatic rings. The van der Waals surface area contributed by atoms with Crippen LogP contribution in [-0.2, 0) is 4.79 Å². The van der Waals surface area contributed by atoms with Crippen molar-refractivity contribution in [1.82, 2.24) is 16.0 Å². The second kappa shape index (κ2) is 9.01. The number of aliphatic imine (C=N–C) groups is 1. The van der Waals surface area contributed by atoms with Crippen LogP contribution in [0.15, 0.2) is 4.99 Å². The van der Waals surface area contributed by atoms with Crippen molar-refractivity contribution in [2.75, 3.05) is 20.1 Å². The van der Waals surface area contributed by atoms with Crippen LogP contribution in [0.25, 0.3) is 0 Å². The third-order valence-corrected chi connectivity index (χ3v) is 3.32. The predicted octanol–water partition coefficient (Wildman–Crippen LogP) is 2.53. The highest BCUT2D eigenvalue weighted by atomic mass is 16.2. The molecule has 0 radical (unpaired) electrons. The summed E-state index contributed by atoms with van der Waals surface area (Å²) >= 11 is 0. The minimum absolute atomic E-state index is 0.0655. The van der Waals surface area contributed by atoms with E-state index in [2.05, 4.69) is 48.6 Å². The maximum Gasteiger partial charge on any atom is 0.225 e. The third-order valence-electron chi connectivity index (χ3n) is 3.32. The van der Waals surface area contributed by atoms with E-state index in [1.54, 1.807) is 7.05 Å². The molecule has 22 heavy (non-hydrogen) atoms. The van der Waals surface area contributed by atoms with Gasteiger partial charge in [0.25, 0.3) is 0 Å². The first-order valence-electron chi connectivity index (χ1n) is 8.21. The lowest BCUT2D eigenvalue weighted by molar-refractivity contribution is -0.128. The molecule has 0 rings (SSSR count). The average Bonchev–Trinajstić information content (AvgIpc) is 2.37. The minimum Gasteiger partial charge on any atom is -0.355 e. The molecule has 5 nitrogen and oxygen atoms in total. The first kappa shape index (κ1) is 20.7. The van der Waals surface area contributed by atoms with Crippen LogP contribution in [0.3, 0.4) is 0 Å². The molecule has 0 bridgehead atoms. The van der Waals surface area contributed by atoms with Crippen molar-refractivity contribution in [3.8, 4) is 0 Å². The highest BCUT2D eigenvalue weighted by Crippen LogP contribution is 2.21. The Balaban J connectivity index is 4.01. The fourth-order valence-electron chi connectivity index (χ4n) is 1.77. The van der Waals surface area contributed by atoms with Crippen LogP contribution in [-0.4, -0.2) is 38.0 Å². The van der Waals surface area contributed by atoms with Gasteiger partial charge in [-0.05, 0) is 25.2 Å². The fourth-order valence-corrected chi connectivity index (χ4v) is 1.77. The summed E-state index contributed by atoms with van der Waals surface area (Å²) in [6.45, 7) is 15.9. The maximum atomic E-state index is 11.8. The third kappa shape index (κ3) is 10.5. The lowest BCUT2D eigenvalue weighted by Crippen LogP contribution is -2.46. The molecule has 0 aromatic heterocycles. The molecule has 0 aliphatic heterocycles. The molecule has 0 saturated heterocycles. The van der Waals surface area contributed by atoms with E-state index in [-0.39, 0.29) is 11.3 Å². The van der Waals surface area contributed by atoms with E-state index in [1.807, 2.05) is 20.8 Å². The zero-order chi connectivity index (χ0) is 17.4. The van der Waals surface area contributed by atoms with Crippen molar-refractivity contribution in [3.63, 3.8) is 0 Å². The standard InChI is InChI=1S/C17H36N4O/c1-13(9-10-16(2,3)4)21-15(18-8)20-12-11-19-14(22)17(5,6)7/h13H,9-12H2,1-8H3,(H,19,22)(H2,18,20,21). The molecule has 0 heterocycles. The Bertz CT molecular complexity index is 364. The summed E-state index contributed by atoms with van der Waals surface area (Å²) in [4.78, 5) is 16.0. The number of hydrogen-bond acceptors (Lipinski definition) is 2. The quantitative estimate of drug-likeness (QED) is 0.401. The van der Waals surface area contributed by atoms with E-state index in [4.69, 9.17) is 0 Å². The molecule has 0 aromatic carbocycles. The van der Waals surface area contributed by atoms with Gasteiger partial charge in [-0.25, -0.2) is 0 Å². The maximum absolute atomic E-state index is 11.8. The van der Waals surface area contributed by atoms with E-state index in [1.165, 1.54) is 6.42 Å². The van der Waals surface area contributed by atoms with Gasteiger partial charge in [0, 0.05) is 31.6 Å². The minimum atomic E-state index is -0.346. The van der Waals surface area contributed by atoms with Gasteiger partial charge in [-0.15, -0.1) is 0 Å². The lowest BCUT2D eigenvalue weighted by Gasteiger charge is -2.23. The lowest BCUT2D eigenvalue weighted by atomic mass is 9.89. The molecule has 1 atom stereocenters. The Labute approximate surface area is 136 Å². The topological polar surface area (TPSA) is 65.5 Å². The molecule has 0 aliphatic carbocycles. The molecular weight excluding hydrogens is 276 g/mol. The normalized spacial score (nSPS) is 14.5. The van der Waals surface area contributed by atoms with E-state index < -0.39 is 0 Å². The zero-order valence-electron chi connectivity index (χ0n) is 15.8. The highest BCUT2D eigenvalue weighted by molar-refractivity contribution is 5.81. The molecule has 1 amide bonds. The van der Waals surface area contributed by atoms with Crippen LogP contribution in [0.2, 0.25) is 0 Å². The summed E-state index contributed by atoms with van der Waals surface area (Å²) < 4.78 is 0. The van der Waals surface area contributed by atoms with Crippen LogP contribution in [0.4, 0.5) is 0 Å². The van der Waals surface area contributed by atoms with Gasteiger partial charge in [0.2, 0.25) is 5.91 Å². The number of guanidine groups is 1. The van der Waals surface area contributed by atoms with Gasteiger partial charge in [-0.2, -0.15) is 0 Å². The van der Waals surface area contributed by atoms with Crippen LogP contribution in [0.1, 0.15) is 61.3 Å². The van der Waals surface area contributed by atoms with Gasteiger partial charge in [0.05, 0.1) is 0 Å². The van der Waals surface area contributed by atoms with Gasteiger partial charge in [-0.3, -0.25) is 9.79 Å². The van der Waals surface area contributed by atoms with Crippen molar-refractivity contribution in [1.29, 1.82) is 0 Å². The molecule has 1 unspecified atom stereocenters. The largest absolute Gasteiger partial charge is 0.355 e. The molecule has 0 spiro atoms. The average molecular weight is 313 g/mol. The molecule has 0 saturated carbocycles. The van der Waals surface area contributed by atoms with E-state index in [0.717, 1.165) is 12.4 Å². The van der Waals surface area contributed by atoms with Crippen molar-refractivity contribution < 1.29 is 4.79 Å². The van der Waals surface area contributed by atoms with Gasteiger partial charge in [0.15, 0.2) is 5.96 Å². The first-order chi connectivity index (χ1) is 9.95. The number of nitrogens with zero attached hydrogens (tertiary/aromatic N) is 1. The fraction of sp³-hybridized carbons (Fsp3) is 0.882. The molecule has 3 N–H and O–H groups in total. The summed E-state index contributed by atoms with van der Waals surface area (Å²) in [5.74, 6) is 0.849. The van der Waals surface area contributed by atoms with Crippen molar-refractivity contribution in [3.05, 3.63) is 0 Å². The van der Waals surface area contributed by atoms with Crippen molar-refractivity contribution in [2.45, 2.75) is 67.3 Å². The van der Waals surface area contributed by atoms with E-state index in [9.17, 15) is 4.79 Å². The van der Waals surface area contributed by atoms with E-state index in [0.29, 0.717) is 24.5 Å². The van der Waals surface area contributed by atoms with Gasteiger partial charge >= 0.3 is 0 Å². The van der Waals surface area contributed by atoms with Gasteiger partial charge in [0.1, 0.15) is 0 Å². The van der Waals surface area contributed by atoms with Crippen molar-refractivity contribution in [2.24, 2.45) is 15.8 Å². The Morgan fingerprint density at radius 3 is 2.05 bits per heavy atom. The van der Waals surface area contributed by atoms with Crippen LogP contribution < -0.4 is 16.0 Å². The molecular formula is C17H36N4O. The SMILES string of the molecule is CN=C(NCCNC(=O)C(C)(C)C)NC(C)CCC(C)(C)C. The number of rotatable bonds is 6. The monoisotopic (exact) mass is 312 g/mol. The number of hydrogen-bond donors (Lipinski definition) is 3. The Morgan fingerprint density at radius 1 is 1.05 bits per heavy atom. The Morgan fingerprint density at radius 2 is 1.59 bits per heavy atom. The van der Waals surface area contributed by atoms with E-state index >= 15 is 0 Å². The summed E-state index contributed by atoms with van der Waals surface area (Å²) in [6.07, 6.45) is 2.27. The summed E-state index contributed by atoms with van der Waals surface area (Å²) in [6, 6.07) is 0.370. The zero-order valence-corrected chi connectivity index (χ0v) is 15.8. The number of carbonyl (C=O) groups excluding carboxylic acids is 1. The second-order valence-corrected chi connectivity index (χ2v) is 8.15. The predicted molar refractivity (Wildman–Crippen MR) is 95.1 cm³/mol. The Kier molecular flexibility index (Phi) is 8.49. The summed E-state index contributed by atoms with van der Waals surface area (Å²) in [7, 11) is 1.76. The molecule has 130 valence electrons. The summed E-state index contributed by atoms with van der Waals surface area (Å²) in [5.41, 5.74) is 0.00548. The molecule has 0 aromatic rings. The number of nitrogens with one attached hydrogen (secondary N) is 3. The Hall–Kier alpha value is -1.26. The first-order valence-corrected chi connectivity index (χ1v) is 8.21. The van der Waals surface area contributed by atoms with Gasteiger partial charge < -0.3 is 16.0 Å². The summed E-state index contributed by atoms with van der Waals surface area (Å²) in [5, 5.41) is 9.53. The number of amides is 1. The van der Waals surface area contributed by atoms with Gasteiger partial charge in [-0.1, -0.05) is 41.5 Å². The van der Waals surface area contributed by atoms with Crippen LogP contribution in [0, 0.1) is 10.8 Å². The molecule has 0 fully saturated rings. The van der Waals surface area contributed by atoms with Crippen LogP contribution >= 0.6 is 0 Å². The second-order valence-electron chi connectivity index (χ2n) is 8.15. The highest BCUT2D eigenvalue weighted by Gasteiger charge is 2.20. The molecule has 5 heteroatoms. The number of carbonyl (C=O) groups is 1. The smallest absolute Gasteiger partial charge is 0.225 e. The van der Waals surface area contributed by atoms with Crippen LogP contribution in [0.5, 0.6) is 0 Å². The van der Waals surface area contributed by atoms with Crippen molar-refractivity contribution >= 4 is 11.9 Å².